The van der Waals surface area contributed by atoms with E-state index >= 15 is 0 Å². The normalized spacial score (nSPS) is 9.17. The highest BCUT2D eigenvalue weighted by atomic mass is 16.5. The van der Waals surface area contributed by atoms with Crippen molar-refractivity contribution in [2.45, 2.75) is 26.2 Å². The Morgan fingerprint density at radius 3 is 2.75 bits per heavy atom. The molecule has 0 aromatic heterocycles. The molecule has 0 aromatic rings. The molecule has 2 heteroatoms. The maximum absolute atomic E-state index is 4.94. The van der Waals surface area contributed by atoms with Crippen LogP contribution in [0.1, 0.15) is 26.2 Å². The summed E-state index contributed by atoms with van der Waals surface area (Å²) in [6, 6.07) is 0. The molecule has 0 atom stereocenters. The van der Waals surface area contributed by atoms with Crippen LogP contribution >= 0.6 is 0 Å². The van der Waals surface area contributed by atoms with Crippen molar-refractivity contribution in [1.82, 2.24) is 5.32 Å². The van der Waals surface area contributed by atoms with Gasteiger partial charge in [0, 0.05) is 13.7 Å². The molecular weight excluding hydrogens is 150 g/mol. The highest BCUT2D eigenvalue weighted by molar-refractivity contribution is 4.96. The van der Waals surface area contributed by atoms with Crippen molar-refractivity contribution in [3.8, 4) is 11.8 Å². The van der Waals surface area contributed by atoms with Crippen LogP contribution in [-0.2, 0) is 4.74 Å². The monoisotopic (exact) mass is 169 g/mol. The first kappa shape index (κ1) is 11.5. The third-order valence-electron chi connectivity index (χ3n) is 1.59. The predicted molar refractivity (Wildman–Crippen MR) is 52.0 cm³/mol. The summed E-state index contributed by atoms with van der Waals surface area (Å²) in [7, 11) is 1.75. The molecule has 0 unspecified atom stereocenters. The quantitative estimate of drug-likeness (QED) is 0.459. The Kier molecular flexibility index (Phi) is 10.0. The highest BCUT2D eigenvalue weighted by Gasteiger charge is 1.87. The fourth-order valence-electron chi connectivity index (χ4n) is 0.912. The van der Waals surface area contributed by atoms with Gasteiger partial charge in [-0.3, -0.25) is 0 Å². The number of hydrogen-bond donors (Lipinski definition) is 1. The average molecular weight is 169 g/mol. The Morgan fingerprint density at radius 2 is 2.08 bits per heavy atom. The van der Waals surface area contributed by atoms with Gasteiger partial charge in [0.25, 0.3) is 0 Å². The smallest absolute Gasteiger partial charge is 0.0576 e. The summed E-state index contributed by atoms with van der Waals surface area (Å²) < 4.78 is 4.94. The largest absolute Gasteiger partial charge is 0.385 e. The lowest BCUT2D eigenvalue weighted by atomic mass is 10.2. The summed E-state index contributed by atoms with van der Waals surface area (Å²) >= 11 is 0. The van der Waals surface area contributed by atoms with Gasteiger partial charge in [-0.1, -0.05) is 5.92 Å². The van der Waals surface area contributed by atoms with Crippen molar-refractivity contribution < 1.29 is 4.74 Å². The van der Waals surface area contributed by atoms with E-state index in [1.165, 1.54) is 12.8 Å². The van der Waals surface area contributed by atoms with Crippen molar-refractivity contribution >= 4 is 0 Å². The van der Waals surface area contributed by atoms with E-state index in [-0.39, 0.29) is 0 Å². The van der Waals surface area contributed by atoms with Gasteiger partial charge in [0.05, 0.1) is 6.54 Å². The fraction of sp³-hybridized carbons (Fsp3) is 0.800. The van der Waals surface area contributed by atoms with Gasteiger partial charge in [-0.05, 0) is 32.7 Å². The lowest BCUT2D eigenvalue weighted by molar-refractivity contribution is 0.192. The molecule has 0 fully saturated rings. The zero-order chi connectivity index (χ0) is 9.07. The molecule has 12 heavy (non-hydrogen) atoms. The first-order chi connectivity index (χ1) is 5.91. The van der Waals surface area contributed by atoms with E-state index in [1.54, 1.807) is 7.11 Å². The minimum atomic E-state index is 0.820. The van der Waals surface area contributed by atoms with E-state index in [4.69, 9.17) is 4.74 Å². The second kappa shape index (κ2) is 10.5. The predicted octanol–water partition coefficient (Wildman–Crippen LogP) is 1.42. The molecule has 0 amide bonds. The van der Waals surface area contributed by atoms with Crippen LogP contribution in [0.2, 0.25) is 0 Å². The van der Waals surface area contributed by atoms with Crippen molar-refractivity contribution in [1.29, 1.82) is 0 Å². The lowest BCUT2D eigenvalue weighted by Gasteiger charge is -2.00. The maximum Gasteiger partial charge on any atom is 0.0576 e. The molecule has 2 nitrogen and oxygen atoms in total. The molecule has 0 spiro atoms. The van der Waals surface area contributed by atoms with Crippen LogP contribution < -0.4 is 5.32 Å². The molecule has 0 rings (SSSR count). The second-order valence-corrected chi connectivity index (χ2v) is 2.66. The molecule has 70 valence electrons. The van der Waals surface area contributed by atoms with Gasteiger partial charge in [0.2, 0.25) is 0 Å². The minimum absolute atomic E-state index is 0.820. The van der Waals surface area contributed by atoms with E-state index in [0.29, 0.717) is 0 Å². The molecule has 0 saturated heterocycles. The molecule has 0 bridgehead atoms. The molecule has 0 saturated carbocycles. The Balaban J connectivity index is 2.84. The first-order valence-corrected chi connectivity index (χ1v) is 4.51. The third-order valence-corrected chi connectivity index (χ3v) is 1.59. The zero-order valence-electron chi connectivity index (χ0n) is 8.15. The summed E-state index contributed by atoms with van der Waals surface area (Å²) in [6.07, 6.45) is 3.62. The van der Waals surface area contributed by atoms with Crippen LogP contribution in [-0.4, -0.2) is 26.8 Å². The molecule has 1 N–H and O–H groups in total. The van der Waals surface area contributed by atoms with Crippen LogP contribution in [0.15, 0.2) is 0 Å². The van der Waals surface area contributed by atoms with Gasteiger partial charge in [0.15, 0.2) is 0 Å². The summed E-state index contributed by atoms with van der Waals surface area (Å²) in [5.74, 6) is 5.81. The van der Waals surface area contributed by atoms with E-state index in [2.05, 4.69) is 17.2 Å². The highest BCUT2D eigenvalue weighted by Crippen LogP contribution is 1.93. The van der Waals surface area contributed by atoms with Crippen molar-refractivity contribution in [2.75, 3.05) is 26.8 Å². The molecule has 0 heterocycles. The fourth-order valence-corrected chi connectivity index (χ4v) is 0.912. The topological polar surface area (TPSA) is 21.3 Å². The maximum atomic E-state index is 4.94. The van der Waals surface area contributed by atoms with Crippen molar-refractivity contribution in [3.63, 3.8) is 0 Å². The summed E-state index contributed by atoms with van der Waals surface area (Å²) in [4.78, 5) is 0. The van der Waals surface area contributed by atoms with E-state index in [9.17, 15) is 0 Å². The van der Waals surface area contributed by atoms with Gasteiger partial charge in [-0.25, -0.2) is 0 Å². The van der Waals surface area contributed by atoms with Crippen molar-refractivity contribution in [3.05, 3.63) is 0 Å². The van der Waals surface area contributed by atoms with Crippen LogP contribution in [0.5, 0.6) is 0 Å². The van der Waals surface area contributed by atoms with Crippen LogP contribution in [0, 0.1) is 11.8 Å². The molecule has 0 radical (unpaired) electrons. The number of methoxy groups -OCH3 is 1. The SMILES string of the molecule is CC#CCNCCCCCOC. The minimum Gasteiger partial charge on any atom is -0.385 e. The molecule has 0 aliphatic rings. The number of rotatable bonds is 7. The Hall–Kier alpha value is -0.520. The second-order valence-electron chi connectivity index (χ2n) is 2.66. The van der Waals surface area contributed by atoms with E-state index in [0.717, 1.165) is 26.1 Å². The molecule has 0 aliphatic heterocycles. The first-order valence-electron chi connectivity index (χ1n) is 4.51. The number of unbranched alkanes of at least 4 members (excludes halogenated alkanes) is 2. The molecule has 0 aliphatic carbocycles. The van der Waals surface area contributed by atoms with E-state index in [1.807, 2.05) is 6.92 Å². The number of ether oxygens (including phenoxy) is 1. The van der Waals surface area contributed by atoms with Crippen LogP contribution in [0.3, 0.4) is 0 Å². The van der Waals surface area contributed by atoms with Crippen molar-refractivity contribution in [2.24, 2.45) is 0 Å². The molecular formula is C10H19NO. The standard InChI is InChI=1S/C10H19NO/c1-3-4-8-11-9-6-5-7-10-12-2/h11H,5-10H2,1-2H3. The van der Waals surface area contributed by atoms with Gasteiger partial charge in [-0.2, -0.15) is 0 Å². The molecule has 0 aromatic carbocycles. The summed E-state index contributed by atoms with van der Waals surface area (Å²) in [5, 5.41) is 3.25. The van der Waals surface area contributed by atoms with Gasteiger partial charge in [0.1, 0.15) is 0 Å². The Bertz CT molecular complexity index is 135. The van der Waals surface area contributed by atoms with Gasteiger partial charge < -0.3 is 10.1 Å². The van der Waals surface area contributed by atoms with Gasteiger partial charge in [-0.15, -0.1) is 5.92 Å². The van der Waals surface area contributed by atoms with Crippen LogP contribution in [0.25, 0.3) is 0 Å². The Labute approximate surface area is 75.7 Å². The summed E-state index contributed by atoms with van der Waals surface area (Å²) in [5.41, 5.74) is 0. The van der Waals surface area contributed by atoms with Gasteiger partial charge >= 0.3 is 0 Å². The summed E-state index contributed by atoms with van der Waals surface area (Å²) in [6.45, 7) is 4.63. The zero-order valence-corrected chi connectivity index (χ0v) is 8.15. The average Bonchev–Trinajstić information content (AvgIpc) is 2.10. The lowest BCUT2D eigenvalue weighted by Crippen LogP contribution is -2.15. The third kappa shape index (κ3) is 9.48. The van der Waals surface area contributed by atoms with E-state index < -0.39 is 0 Å². The number of hydrogen-bond acceptors (Lipinski definition) is 2. The van der Waals surface area contributed by atoms with Crippen LogP contribution in [0.4, 0.5) is 0 Å². The Morgan fingerprint density at radius 1 is 1.25 bits per heavy atom. The number of nitrogens with one attached hydrogen (secondary N) is 1.